The third kappa shape index (κ3) is 6.68. The highest BCUT2D eigenvalue weighted by Gasteiger charge is 2.09. The minimum atomic E-state index is 0.663. The van der Waals surface area contributed by atoms with Gasteiger partial charge in [0, 0.05) is 32.0 Å². The second kappa shape index (κ2) is 11.5. The van der Waals surface area contributed by atoms with E-state index in [0.717, 1.165) is 32.1 Å². The molecule has 2 heterocycles. The zero-order chi connectivity index (χ0) is 19.4. The Morgan fingerprint density at radius 1 is 1.04 bits per heavy atom. The van der Waals surface area contributed by atoms with E-state index in [1.165, 1.54) is 49.9 Å². The zero-order valence-electron chi connectivity index (χ0n) is 17.1. The molecule has 0 radical (unpaired) electrons. The maximum atomic E-state index is 4.82. The smallest absolute Gasteiger partial charge is 0.191 e. The van der Waals surface area contributed by atoms with E-state index in [0.29, 0.717) is 6.54 Å². The summed E-state index contributed by atoms with van der Waals surface area (Å²) in [6.45, 7) is 8.89. The molecule has 1 saturated heterocycles. The Hall–Kier alpha value is -2.34. The molecule has 2 aromatic rings. The molecule has 0 bridgehead atoms. The molecule has 1 fully saturated rings. The van der Waals surface area contributed by atoms with Crippen LogP contribution in [0.5, 0.6) is 0 Å². The van der Waals surface area contributed by atoms with Crippen LogP contribution in [0.3, 0.4) is 0 Å². The third-order valence-electron chi connectivity index (χ3n) is 5.18. The molecule has 0 unspecified atom stereocenters. The minimum Gasteiger partial charge on any atom is -0.357 e. The molecule has 152 valence electrons. The number of likely N-dealkylation sites (tertiary alicyclic amines) is 1. The molecule has 0 amide bonds. The van der Waals surface area contributed by atoms with E-state index >= 15 is 0 Å². The lowest BCUT2D eigenvalue weighted by Gasteiger charge is -2.20. The number of rotatable bonds is 8. The summed E-state index contributed by atoms with van der Waals surface area (Å²) in [5, 5.41) is 11.2. The number of hydrogen-bond donors (Lipinski definition) is 2. The molecule has 2 N–H and O–H groups in total. The van der Waals surface area contributed by atoms with Gasteiger partial charge in [-0.1, -0.05) is 37.1 Å². The summed E-state index contributed by atoms with van der Waals surface area (Å²) in [7, 11) is 0. The Labute approximate surface area is 169 Å². The quantitative estimate of drug-likeness (QED) is 0.544. The fourth-order valence-corrected chi connectivity index (χ4v) is 3.63. The molecule has 1 aromatic heterocycles. The zero-order valence-corrected chi connectivity index (χ0v) is 17.1. The maximum absolute atomic E-state index is 4.82. The minimum absolute atomic E-state index is 0.663. The Kier molecular flexibility index (Phi) is 8.37. The normalized spacial score (nSPS) is 16.0. The van der Waals surface area contributed by atoms with Crippen LogP contribution >= 0.6 is 0 Å². The standard InChI is InChI=1S/C22H34N6/c1-2-23-22(24-13-17-27-14-7-3-4-8-15-27)25-18-20-10-5-6-11-21(20)19-28-16-9-12-26-28/h5-6,9-12,16H,2-4,7-8,13-15,17-19H2,1H3,(H2,23,24,25). The van der Waals surface area contributed by atoms with Crippen molar-refractivity contribution >= 4 is 5.96 Å². The molecule has 1 aliphatic heterocycles. The van der Waals surface area contributed by atoms with E-state index in [1.54, 1.807) is 0 Å². The molecule has 0 saturated carbocycles. The van der Waals surface area contributed by atoms with Gasteiger partial charge in [-0.3, -0.25) is 4.68 Å². The van der Waals surface area contributed by atoms with Gasteiger partial charge in [0.25, 0.3) is 0 Å². The summed E-state index contributed by atoms with van der Waals surface area (Å²) in [6.07, 6.45) is 9.24. The first-order valence-electron chi connectivity index (χ1n) is 10.6. The van der Waals surface area contributed by atoms with Gasteiger partial charge in [-0.15, -0.1) is 0 Å². The van der Waals surface area contributed by atoms with Gasteiger partial charge in [0.15, 0.2) is 5.96 Å². The fourth-order valence-electron chi connectivity index (χ4n) is 3.63. The predicted molar refractivity (Wildman–Crippen MR) is 115 cm³/mol. The first kappa shape index (κ1) is 20.4. The largest absolute Gasteiger partial charge is 0.357 e. The number of benzene rings is 1. The Morgan fingerprint density at radius 2 is 1.82 bits per heavy atom. The monoisotopic (exact) mass is 382 g/mol. The molecular weight excluding hydrogens is 348 g/mol. The molecule has 0 aliphatic carbocycles. The third-order valence-corrected chi connectivity index (χ3v) is 5.18. The number of nitrogens with zero attached hydrogens (tertiary/aromatic N) is 4. The summed E-state index contributed by atoms with van der Waals surface area (Å²) in [6, 6.07) is 10.4. The van der Waals surface area contributed by atoms with Crippen LogP contribution in [0.25, 0.3) is 0 Å². The van der Waals surface area contributed by atoms with Crippen molar-refractivity contribution in [2.75, 3.05) is 32.7 Å². The van der Waals surface area contributed by atoms with Crippen molar-refractivity contribution in [1.29, 1.82) is 0 Å². The molecule has 3 rings (SSSR count). The fraction of sp³-hybridized carbons (Fsp3) is 0.545. The van der Waals surface area contributed by atoms with E-state index < -0.39 is 0 Å². The Morgan fingerprint density at radius 3 is 2.54 bits per heavy atom. The van der Waals surface area contributed by atoms with Gasteiger partial charge in [-0.25, -0.2) is 4.99 Å². The highest BCUT2D eigenvalue weighted by Crippen LogP contribution is 2.12. The van der Waals surface area contributed by atoms with Crippen molar-refractivity contribution < 1.29 is 0 Å². The second-order valence-corrected chi connectivity index (χ2v) is 7.35. The number of guanidine groups is 1. The molecule has 1 aromatic carbocycles. The van der Waals surface area contributed by atoms with E-state index in [1.807, 2.05) is 23.1 Å². The highest BCUT2D eigenvalue weighted by atomic mass is 15.3. The van der Waals surface area contributed by atoms with Crippen LogP contribution in [0, 0.1) is 0 Å². The van der Waals surface area contributed by atoms with Crippen LogP contribution in [0.2, 0.25) is 0 Å². The summed E-state index contributed by atoms with van der Waals surface area (Å²) < 4.78 is 1.95. The number of hydrogen-bond acceptors (Lipinski definition) is 3. The van der Waals surface area contributed by atoms with Gasteiger partial charge in [0.05, 0.1) is 13.1 Å². The van der Waals surface area contributed by atoms with Crippen LogP contribution in [0.1, 0.15) is 43.7 Å². The first-order chi connectivity index (χ1) is 13.8. The van der Waals surface area contributed by atoms with Gasteiger partial charge in [0.1, 0.15) is 0 Å². The average Bonchev–Trinajstić information content (AvgIpc) is 3.08. The predicted octanol–water partition coefficient (Wildman–Crippen LogP) is 2.86. The van der Waals surface area contributed by atoms with Crippen LogP contribution in [0.15, 0.2) is 47.7 Å². The summed E-state index contributed by atoms with van der Waals surface area (Å²) in [5.41, 5.74) is 2.50. The number of nitrogens with one attached hydrogen (secondary N) is 2. The van der Waals surface area contributed by atoms with Crippen LogP contribution in [-0.4, -0.2) is 53.4 Å². The van der Waals surface area contributed by atoms with Crippen LogP contribution in [0.4, 0.5) is 0 Å². The molecule has 0 atom stereocenters. The lowest BCUT2D eigenvalue weighted by atomic mass is 10.1. The van der Waals surface area contributed by atoms with E-state index in [9.17, 15) is 0 Å². The molecule has 1 aliphatic rings. The summed E-state index contributed by atoms with van der Waals surface area (Å²) in [5.74, 6) is 0.895. The topological polar surface area (TPSA) is 57.5 Å². The van der Waals surface area contributed by atoms with Crippen molar-refractivity contribution in [3.8, 4) is 0 Å². The first-order valence-corrected chi connectivity index (χ1v) is 10.6. The van der Waals surface area contributed by atoms with Crippen molar-refractivity contribution in [2.24, 2.45) is 4.99 Å². The molecule has 6 heteroatoms. The van der Waals surface area contributed by atoms with Crippen molar-refractivity contribution in [3.63, 3.8) is 0 Å². The molecule has 0 spiro atoms. The van der Waals surface area contributed by atoms with Gasteiger partial charge in [-0.05, 0) is 50.0 Å². The SMILES string of the molecule is CCNC(=NCc1ccccc1Cn1cccn1)NCCN1CCCCCC1. The number of aliphatic imine (C=N–C) groups is 1. The average molecular weight is 383 g/mol. The van der Waals surface area contributed by atoms with Crippen molar-refractivity contribution in [1.82, 2.24) is 25.3 Å². The van der Waals surface area contributed by atoms with Crippen molar-refractivity contribution in [2.45, 2.75) is 45.7 Å². The van der Waals surface area contributed by atoms with Gasteiger partial charge < -0.3 is 15.5 Å². The van der Waals surface area contributed by atoms with E-state index in [2.05, 4.69) is 51.8 Å². The molecule has 6 nitrogen and oxygen atoms in total. The Balaban J connectivity index is 1.55. The number of aromatic nitrogens is 2. The lowest BCUT2D eigenvalue weighted by Crippen LogP contribution is -2.41. The lowest BCUT2D eigenvalue weighted by molar-refractivity contribution is 0.289. The van der Waals surface area contributed by atoms with Crippen LogP contribution in [-0.2, 0) is 13.1 Å². The van der Waals surface area contributed by atoms with E-state index in [-0.39, 0.29) is 0 Å². The highest BCUT2D eigenvalue weighted by molar-refractivity contribution is 5.79. The second-order valence-electron chi connectivity index (χ2n) is 7.35. The van der Waals surface area contributed by atoms with Gasteiger partial charge in [-0.2, -0.15) is 5.10 Å². The molecular formula is C22H34N6. The Bertz CT molecular complexity index is 702. The summed E-state index contributed by atoms with van der Waals surface area (Å²) in [4.78, 5) is 7.39. The van der Waals surface area contributed by atoms with Gasteiger partial charge >= 0.3 is 0 Å². The van der Waals surface area contributed by atoms with Crippen molar-refractivity contribution in [3.05, 3.63) is 53.9 Å². The van der Waals surface area contributed by atoms with Crippen LogP contribution < -0.4 is 10.6 Å². The summed E-state index contributed by atoms with van der Waals surface area (Å²) >= 11 is 0. The maximum Gasteiger partial charge on any atom is 0.191 e. The molecule has 28 heavy (non-hydrogen) atoms. The van der Waals surface area contributed by atoms with E-state index in [4.69, 9.17) is 4.99 Å². The van der Waals surface area contributed by atoms with Gasteiger partial charge in [0.2, 0.25) is 0 Å².